The van der Waals surface area contributed by atoms with Gasteiger partial charge in [0, 0.05) is 19.8 Å². The molecule has 3 atom stereocenters. The molecule has 1 aliphatic rings. The van der Waals surface area contributed by atoms with Gasteiger partial charge >= 0.3 is 0 Å². The Bertz CT molecular complexity index is 196. The van der Waals surface area contributed by atoms with Crippen LogP contribution in [0.5, 0.6) is 0 Å². The molecule has 0 spiro atoms. The smallest absolute Gasteiger partial charge is 0.0459 e. The molecule has 1 aliphatic carbocycles. The second-order valence-corrected chi connectivity index (χ2v) is 5.94. The van der Waals surface area contributed by atoms with Gasteiger partial charge in [-0.2, -0.15) is 0 Å². The Morgan fingerprint density at radius 2 is 0.833 bits per heavy atom. The van der Waals surface area contributed by atoms with Gasteiger partial charge in [-0.1, -0.05) is 19.3 Å². The summed E-state index contributed by atoms with van der Waals surface area (Å²) in [5, 5.41) is 28.0. The zero-order valence-corrected chi connectivity index (χ0v) is 11.6. The molecule has 0 radical (unpaired) electrons. The van der Waals surface area contributed by atoms with Crippen molar-refractivity contribution in [2.75, 3.05) is 19.8 Å². The first-order chi connectivity index (χ1) is 8.80. The zero-order chi connectivity index (χ0) is 13.2. The van der Waals surface area contributed by atoms with Crippen molar-refractivity contribution in [2.45, 2.75) is 57.8 Å². The fourth-order valence-electron chi connectivity index (χ4n) is 3.01. The summed E-state index contributed by atoms with van der Waals surface area (Å²) in [4.78, 5) is 0. The first-order valence-corrected chi connectivity index (χ1v) is 7.62. The lowest BCUT2D eigenvalue weighted by molar-refractivity contribution is 0.158. The van der Waals surface area contributed by atoms with E-state index >= 15 is 0 Å². The average Bonchev–Trinajstić information content (AvgIpc) is 2.39. The van der Waals surface area contributed by atoms with Crippen LogP contribution in [-0.2, 0) is 0 Å². The maximum absolute atomic E-state index is 9.37. The molecule has 3 heteroatoms. The highest BCUT2D eigenvalue weighted by Crippen LogP contribution is 2.25. The van der Waals surface area contributed by atoms with Gasteiger partial charge in [0.1, 0.15) is 0 Å². The Morgan fingerprint density at radius 1 is 0.500 bits per heavy atom. The first-order valence-electron chi connectivity index (χ1n) is 7.62. The summed E-state index contributed by atoms with van der Waals surface area (Å²) in [7, 11) is 0. The van der Waals surface area contributed by atoms with Crippen LogP contribution in [0.25, 0.3) is 0 Å². The molecule has 1 rings (SSSR count). The quantitative estimate of drug-likeness (QED) is 0.728. The highest BCUT2D eigenvalue weighted by atomic mass is 16.3. The molecule has 108 valence electrons. The second kappa shape index (κ2) is 9.76. The molecule has 0 saturated heterocycles. The van der Waals surface area contributed by atoms with Crippen LogP contribution in [0.2, 0.25) is 0 Å². The maximum Gasteiger partial charge on any atom is 0.0459 e. The van der Waals surface area contributed by atoms with E-state index in [9.17, 15) is 15.3 Å². The van der Waals surface area contributed by atoms with E-state index in [-0.39, 0.29) is 13.2 Å². The van der Waals surface area contributed by atoms with E-state index in [0.29, 0.717) is 24.4 Å². The minimum atomic E-state index is 0.266. The molecular weight excluding hydrogens is 228 g/mol. The molecule has 0 unspecified atom stereocenters. The van der Waals surface area contributed by atoms with Crippen LogP contribution >= 0.6 is 0 Å². The monoisotopic (exact) mass is 258 g/mol. The Labute approximate surface area is 111 Å². The van der Waals surface area contributed by atoms with E-state index in [1.807, 2.05) is 0 Å². The largest absolute Gasteiger partial charge is 0.396 e. The van der Waals surface area contributed by atoms with E-state index in [1.165, 1.54) is 6.42 Å². The predicted molar refractivity (Wildman–Crippen MR) is 73.3 cm³/mol. The summed E-state index contributed by atoms with van der Waals surface area (Å²) in [5.74, 6) is 1.24. The van der Waals surface area contributed by atoms with E-state index in [0.717, 1.165) is 51.4 Å². The molecule has 18 heavy (non-hydrogen) atoms. The second-order valence-electron chi connectivity index (χ2n) is 5.94. The van der Waals surface area contributed by atoms with Gasteiger partial charge in [-0.15, -0.1) is 0 Å². The Balaban J connectivity index is 2.44. The van der Waals surface area contributed by atoms with E-state index in [1.54, 1.807) is 0 Å². The van der Waals surface area contributed by atoms with Gasteiger partial charge in [-0.3, -0.25) is 0 Å². The number of hydrogen-bond acceptors (Lipinski definition) is 3. The van der Waals surface area contributed by atoms with Crippen LogP contribution in [0.4, 0.5) is 0 Å². The summed E-state index contributed by atoms with van der Waals surface area (Å²) in [6, 6.07) is 0. The van der Waals surface area contributed by atoms with Crippen molar-refractivity contribution < 1.29 is 15.3 Å². The topological polar surface area (TPSA) is 60.7 Å². The van der Waals surface area contributed by atoms with Crippen molar-refractivity contribution in [3.63, 3.8) is 0 Å². The zero-order valence-electron chi connectivity index (χ0n) is 11.6. The molecule has 1 fully saturated rings. The molecule has 0 aromatic heterocycles. The highest BCUT2D eigenvalue weighted by molar-refractivity contribution is 4.68. The fourth-order valence-corrected chi connectivity index (χ4v) is 3.01. The summed E-state index contributed by atoms with van der Waals surface area (Å²) in [6.07, 6.45) is 9.88. The molecule has 0 bridgehead atoms. The Kier molecular flexibility index (Phi) is 8.64. The van der Waals surface area contributed by atoms with Gasteiger partial charge < -0.3 is 15.3 Å². The molecule has 3 N–H and O–H groups in total. The van der Waals surface area contributed by atoms with Gasteiger partial charge in [0.25, 0.3) is 0 Å². The minimum Gasteiger partial charge on any atom is -0.396 e. The van der Waals surface area contributed by atoms with Gasteiger partial charge in [0.2, 0.25) is 0 Å². The third kappa shape index (κ3) is 6.17. The van der Waals surface area contributed by atoms with Gasteiger partial charge in [-0.05, 0) is 56.3 Å². The SMILES string of the molecule is OC[C@@H]1CCCC[C@H](CO)CC[C@H](CO)CCC1. The summed E-state index contributed by atoms with van der Waals surface area (Å²) in [6.45, 7) is 0.844. The lowest BCUT2D eigenvalue weighted by Crippen LogP contribution is -2.14. The molecule has 3 nitrogen and oxygen atoms in total. The lowest BCUT2D eigenvalue weighted by Gasteiger charge is -2.22. The minimum absolute atomic E-state index is 0.266. The van der Waals surface area contributed by atoms with Gasteiger partial charge in [-0.25, -0.2) is 0 Å². The Morgan fingerprint density at radius 3 is 1.22 bits per heavy atom. The van der Waals surface area contributed by atoms with E-state index in [2.05, 4.69) is 0 Å². The van der Waals surface area contributed by atoms with Crippen molar-refractivity contribution in [2.24, 2.45) is 17.8 Å². The van der Waals surface area contributed by atoms with Crippen molar-refractivity contribution in [1.29, 1.82) is 0 Å². The van der Waals surface area contributed by atoms with Gasteiger partial charge in [0.05, 0.1) is 0 Å². The predicted octanol–water partition coefficient (Wildman–Crippen LogP) is 2.34. The van der Waals surface area contributed by atoms with Crippen molar-refractivity contribution in [3.8, 4) is 0 Å². The third-order valence-electron chi connectivity index (χ3n) is 4.46. The van der Waals surface area contributed by atoms with Crippen molar-refractivity contribution >= 4 is 0 Å². The third-order valence-corrected chi connectivity index (χ3v) is 4.46. The number of aliphatic hydroxyl groups excluding tert-OH is 3. The van der Waals surface area contributed by atoms with Crippen LogP contribution < -0.4 is 0 Å². The summed E-state index contributed by atoms with van der Waals surface area (Å²) in [5.41, 5.74) is 0. The van der Waals surface area contributed by atoms with Crippen LogP contribution in [0, 0.1) is 17.8 Å². The standard InChI is InChI=1S/C15H30O3/c16-10-13-4-1-2-5-14(11-17)8-9-15(12-18)7-3-6-13/h13-18H,1-12H2/t13-,14+,15-/m1/s1. The van der Waals surface area contributed by atoms with Crippen LogP contribution in [0.15, 0.2) is 0 Å². The van der Waals surface area contributed by atoms with Gasteiger partial charge in [0.15, 0.2) is 0 Å². The first kappa shape index (κ1) is 15.9. The number of rotatable bonds is 3. The molecule has 0 aromatic rings. The summed E-state index contributed by atoms with van der Waals surface area (Å²) >= 11 is 0. The van der Waals surface area contributed by atoms with Crippen LogP contribution in [0.1, 0.15) is 57.8 Å². The van der Waals surface area contributed by atoms with Crippen molar-refractivity contribution in [1.82, 2.24) is 0 Å². The van der Waals surface area contributed by atoms with Crippen LogP contribution in [-0.4, -0.2) is 35.1 Å². The fraction of sp³-hybridized carbons (Fsp3) is 1.00. The van der Waals surface area contributed by atoms with E-state index in [4.69, 9.17) is 0 Å². The highest BCUT2D eigenvalue weighted by Gasteiger charge is 2.16. The molecule has 0 aliphatic heterocycles. The number of aliphatic hydroxyl groups is 3. The molecule has 1 saturated carbocycles. The normalized spacial score (nSPS) is 32.5. The molecule has 0 aromatic carbocycles. The number of hydrogen-bond donors (Lipinski definition) is 3. The van der Waals surface area contributed by atoms with E-state index < -0.39 is 0 Å². The molecule has 0 heterocycles. The van der Waals surface area contributed by atoms with Crippen LogP contribution in [0.3, 0.4) is 0 Å². The van der Waals surface area contributed by atoms with Crippen molar-refractivity contribution in [3.05, 3.63) is 0 Å². The summed E-state index contributed by atoms with van der Waals surface area (Å²) < 4.78 is 0. The Hall–Kier alpha value is -0.120. The molecule has 0 amide bonds. The maximum atomic E-state index is 9.37. The molecular formula is C15H30O3. The lowest BCUT2D eigenvalue weighted by atomic mass is 9.86. The average molecular weight is 258 g/mol.